The largest absolute Gasteiger partial charge is 0.361 e. The third-order valence-electron chi connectivity index (χ3n) is 3.41. The highest BCUT2D eigenvalue weighted by molar-refractivity contribution is 6.31. The monoisotopic (exact) mass is 208 g/mol. The second-order valence-corrected chi connectivity index (χ2v) is 4.63. The molecule has 0 unspecified atom stereocenters. The van der Waals surface area contributed by atoms with Gasteiger partial charge >= 0.3 is 0 Å². The van der Waals surface area contributed by atoms with Crippen LogP contribution >= 0.6 is 11.6 Å². The predicted octanol–water partition coefficient (Wildman–Crippen LogP) is 3.51. The molecule has 14 heavy (non-hydrogen) atoms. The molecule has 0 amide bonds. The van der Waals surface area contributed by atoms with Crippen molar-refractivity contribution in [2.45, 2.75) is 37.4 Å². The summed E-state index contributed by atoms with van der Waals surface area (Å²) in [6.45, 7) is 0. The topological polar surface area (TPSA) is 12.5 Å². The summed E-state index contributed by atoms with van der Waals surface area (Å²) in [4.78, 5) is 0. The molecule has 2 aliphatic rings. The Morgan fingerprint density at radius 3 is 2.93 bits per heavy atom. The summed E-state index contributed by atoms with van der Waals surface area (Å²) >= 11 is 6.19. The van der Waals surface area contributed by atoms with Gasteiger partial charge in [-0.1, -0.05) is 42.6 Å². The Hall–Kier alpha value is -0.530. The van der Waals surface area contributed by atoms with Crippen LogP contribution in [0.3, 0.4) is 0 Å². The Balaban J connectivity index is 2.00. The molecule has 74 valence electrons. The van der Waals surface area contributed by atoms with Gasteiger partial charge in [0.2, 0.25) is 0 Å². The summed E-state index contributed by atoms with van der Waals surface area (Å²) < 4.78 is 5.85. The Labute approximate surface area is 89.0 Å². The van der Waals surface area contributed by atoms with Crippen LogP contribution in [0.1, 0.15) is 31.2 Å². The number of rotatable bonds is 1. The van der Waals surface area contributed by atoms with E-state index in [-0.39, 0.29) is 5.60 Å². The van der Waals surface area contributed by atoms with E-state index in [0.29, 0.717) is 6.10 Å². The van der Waals surface area contributed by atoms with Crippen molar-refractivity contribution in [1.29, 1.82) is 0 Å². The first-order valence-corrected chi connectivity index (χ1v) is 5.63. The van der Waals surface area contributed by atoms with E-state index in [0.717, 1.165) is 11.4 Å². The van der Waals surface area contributed by atoms with E-state index in [2.05, 4.69) is 6.07 Å². The van der Waals surface area contributed by atoms with Gasteiger partial charge in [0.25, 0.3) is 0 Å². The number of hydrogen-bond donors (Lipinski definition) is 0. The average Bonchev–Trinajstić information content (AvgIpc) is 2.93. The second-order valence-electron chi connectivity index (χ2n) is 4.22. The van der Waals surface area contributed by atoms with Gasteiger partial charge in [-0.25, -0.2) is 0 Å². The Bertz CT molecular complexity index is 363. The van der Waals surface area contributed by atoms with E-state index < -0.39 is 0 Å². The summed E-state index contributed by atoms with van der Waals surface area (Å²) in [7, 11) is 0. The molecule has 1 aromatic rings. The highest BCUT2D eigenvalue weighted by Crippen LogP contribution is 2.56. The van der Waals surface area contributed by atoms with E-state index >= 15 is 0 Å². The molecule has 1 saturated heterocycles. The number of benzene rings is 1. The predicted molar refractivity (Wildman–Crippen MR) is 56.5 cm³/mol. The van der Waals surface area contributed by atoms with Crippen LogP contribution < -0.4 is 0 Å². The lowest BCUT2D eigenvalue weighted by Gasteiger charge is -2.18. The zero-order valence-electron chi connectivity index (χ0n) is 8.00. The van der Waals surface area contributed by atoms with Gasteiger partial charge in [-0.2, -0.15) is 0 Å². The van der Waals surface area contributed by atoms with E-state index in [1.54, 1.807) is 0 Å². The molecule has 2 fully saturated rings. The fraction of sp³-hybridized carbons (Fsp3) is 0.500. The first-order chi connectivity index (χ1) is 6.83. The molecular formula is C12H13ClO. The Morgan fingerprint density at radius 1 is 1.29 bits per heavy atom. The minimum absolute atomic E-state index is 0.00338. The molecule has 1 aliphatic heterocycles. The maximum atomic E-state index is 6.19. The van der Waals surface area contributed by atoms with Crippen molar-refractivity contribution < 1.29 is 4.74 Å². The molecule has 1 aromatic carbocycles. The molecule has 1 heterocycles. The van der Waals surface area contributed by atoms with Crippen molar-refractivity contribution in [2.24, 2.45) is 0 Å². The van der Waals surface area contributed by atoms with Gasteiger partial charge in [0.05, 0.1) is 6.10 Å². The fourth-order valence-electron chi connectivity index (χ4n) is 2.63. The summed E-state index contributed by atoms with van der Waals surface area (Å²) in [5.74, 6) is 0. The van der Waals surface area contributed by atoms with E-state index in [1.165, 1.54) is 24.8 Å². The van der Waals surface area contributed by atoms with Gasteiger partial charge in [-0.05, 0) is 18.9 Å². The molecule has 0 radical (unpaired) electrons. The third-order valence-corrected chi connectivity index (χ3v) is 3.74. The van der Waals surface area contributed by atoms with Crippen LogP contribution in [-0.2, 0) is 10.3 Å². The minimum Gasteiger partial charge on any atom is -0.361 e. The maximum absolute atomic E-state index is 6.19. The van der Waals surface area contributed by atoms with Crippen LogP contribution in [0.15, 0.2) is 24.3 Å². The standard InChI is InChI=1S/C12H13ClO/c13-10-6-2-1-5-9(10)12-8-4-3-7-11(12)14-12/h1-2,5-6,11H,3-4,7-8H2/t11-,12-/m1/s1. The summed E-state index contributed by atoms with van der Waals surface area (Å²) in [6, 6.07) is 8.08. The maximum Gasteiger partial charge on any atom is 0.121 e. The van der Waals surface area contributed by atoms with Gasteiger partial charge in [0.15, 0.2) is 0 Å². The molecule has 1 nitrogen and oxygen atoms in total. The van der Waals surface area contributed by atoms with Crippen LogP contribution in [0.25, 0.3) is 0 Å². The molecule has 0 N–H and O–H groups in total. The summed E-state index contributed by atoms with van der Waals surface area (Å²) in [5, 5.41) is 0.858. The minimum atomic E-state index is -0.00338. The van der Waals surface area contributed by atoms with E-state index in [1.807, 2.05) is 18.2 Å². The molecule has 2 heteroatoms. The SMILES string of the molecule is Clc1ccccc1[C@]12CCCC[C@H]1O2. The first-order valence-electron chi connectivity index (χ1n) is 5.26. The normalized spacial score (nSPS) is 35.1. The number of hydrogen-bond acceptors (Lipinski definition) is 1. The zero-order chi connectivity index (χ0) is 9.60. The lowest BCUT2D eigenvalue weighted by Crippen LogP contribution is -2.17. The van der Waals surface area contributed by atoms with E-state index in [4.69, 9.17) is 16.3 Å². The second kappa shape index (κ2) is 2.98. The lowest BCUT2D eigenvalue weighted by molar-refractivity contribution is 0.289. The van der Waals surface area contributed by atoms with Crippen LogP contribution in [0.2, 0.25) is 5.02 Å². The quantitative estimate of drug-likeness (QED) is 0.644. The molecule has 0 spiro atoms. The smallest absolute Gasteiger partial charge is 0.121 e. The molecule has 0 bridgehead atoms. The number of ether oxygens (including phenoxy) is 1. The van der Waals surface area contributed by atoms with Gasteiger partial charge in [0.1, 0.15) is 5.60 Å². The van der Waals surface area contributed by atoms with Crippen molar-refractivity contribution in [1.82, 2.24) is 0 Å². The number of epoxide rings is 1. The number of halogens is 1. The lowest BCUT2D eigenvalue weighted by atomic mass is 9.84. The van der Waals surface area contributed by atoms with Gasteiger partial charge < -0.3 is 4.74 Å². The van der Waals surface area contributed by atoms with Crippen LogP contribution in [-0.4, -0.2) is 6.10 Å². The van der Waals surface area contributed by atoms with Crippen LogP contribution in [0, 0.1) is 0 Å². The van der Waals surface area contributed by atoms with Crippen molar-refractivity contribution in [3.63, 3.8) is 0 Å². The Kier molecular flexibility index (Phi) is 1.86. The zero-order valence-corrected chi connectivity index (χ0v) is 8.76. The van der Waals surface area contributed by atoms with Gasteiger partial charge in [-0.3, -0.25) is 0 Å². The fourth-order valence-corrected chi connectivity index (χ4v) is 2.92. The van der Waals surface area contributed by atoms with Crippen molar-refractivity contribution >= 4 is 11.6 Å². The van der Waals surface area contributed by atoms with Crippen molar-refractivity contribution in [3.05, 3.63) is 34.9 Å². The molecule has 1 aliphatic carbocycles. The summed E-state index contributed by atoms with van der Waals surface area (Å²) in [6.07, 6.45) is 5.35. The van der Waals surface area contributed by atoms with Gasteiger partial charge in [0, 0.05) is 10.6 Å². The van der Waals surface area contributed by atoms with Crippen molar-refractivity contribution in [2.75, 3.05) is 0 Å². The first kappa shape index (κ1) is 8.75. The highest BCUT2D eigenvalue weighted by atomic mass is 35.5. The molecule has 3 rings (SSSR count). The molecule has 2 atom stereocenters. The number of fused-ring (bicyclic) bond motifs is 1. The van der Waals surface area contributed by atoms with Crippen molar-refractivity contribution in [3.8, 4) is 0 Å². The molecular weight excluding hydrogens is 196 g/mol. The average molecular weight is 209 g/mol. The van der Waals surface area contributed by atoms with Crippen LogP contribution in [0.4, 0.5) is 0 Å². The van der Waals surface area contributed by atoms with E-state index in [9.17, 15) is 0 Å². The van der Waals surface area contributed by atoms with Crippen LogP contribution in [0.5, 0.6) is 0 Å². The third kappa shape index (κ3) is 1.12. The van der Waals surface area contributed by atoms with Gasteiger partial charge in [-0.15, -0.1) is 0 Å². The Morgan fingerprint density at radius 2 is 2.14 bits per heavy atom. The molecule has 0 aromatic heterocycles. The highest BCUT2D eigenvalue weighted by Gasteiger charge is 2.58. The summed E-state index contributed by atoms with van der Waals surface area (Å²) in [5.41, 5.74) is 1.20. The molecule has 1 saturated carbocycles.